The second-order valence-electron chi connectivity index (χ2n) is 4.42. The number of hydrogen-bond donors (Lipinski definition) is 1. The first kappa shape index (κ1) is 17.2. The molecule has 0 atom stereocenters. The maximum Gasteiger partial charge on any atom is 0.430 e. The molecule has 0 unspecified atom stereocenters. The summed E-state index contributed by atoms with van der Waals surface area (Å²) in [6, 6.07) is 0.890. The third-order valence-corrected chi connectivity index (χ3v) is 2.95. The Morgan fingerprint density at radius 3 is 1.76 bits per heavy atom. The zero-order valence-corrected chi connectivity index (χ0v) is 10.6. The molecule has 0 saturated heterocycles. The van der Waals surface area contributed by atoms with Gasteiger partial charge in [-0.05, 0) is 25.5 Å². The number of aliphatic hydroxyl groups is 1. The molecule has 0 aliphatic rings. The van der Waals surface area contributed by atoms with Crippen LogP contribution in [0.25, 0.3) is 0 Å². The van der Waals surface area contributed by atoms with Crippen LogP contribution in [0.5, 0.6) is 0 Å². The van der Waals surface area contributed by atoms with Crippen LogP contribution in [0.3, 0.4) is 0 Å². The third kappa shape index (κ3) is 2.67. The van der Waals surface area contributed by atoms with E-state index in [2.05, 4.69) is 0 Å². The average Bonchev–Trinajstić information content (AvgIpc) is 2.27. The van der Waals surface area contributed by atoms with Crippen molar-refractivity contribution < 1.29 is 36.4 Å². The van der Waals surface area contributed by atoms with E-state index in [9.17, 15) is 41.6 Å². The van der Waals surface area contributed by atoms with Gasteiger partial charge in [0.2, 0.25) is 0 Å². The van der Waals surface area contributed by atoms with Gasteiger partial charge in [-0.1, -0.05) is 0 Å². The molecular weight excluding hydrogens is 308 g/mol. The Labute approximate surface area is 114 Å². The SMILES string of the molecule is Cc1cc(C(O)(C(F)(F)F)C(F)(F)F)c(C)cc1[N+](=O)[O-]. The van der Waals surface area contributed by atoms with Crippen LogP contribution >= 0.6 is 0 Å². The number of aryl methyl sites for hydroxylation is 2. The fourth-order valence-corrected chi connectivity index (χ4v) is 1.85. The van der Waals surface area contributed by atoms with Gasteiger partial charge in [0.15, 0.2) is 0 Å². The van der Waals surface area contributed by atoms with Gasteiger partial charge in [-0.2, -0.15) is 26.3 Å². The summed E-state index contributed by atoms with van der Waals surface area (Å²) in [5.74, 6) is 0. The molecule has 10 heteroatoms. The number of nitro groups is 1. The minimum Gasteiger partial charge on any atom is -0.369 e. The molecule has 0 fully saturated rings. The molecule has 0 saturated carbocycles. The molecule has 0 aliphatic heterocycles. The molecule has 1 aromatic carbocycles. The summed E-state index contributed by atoms with van der Waals surface area (Å²) >= 11 is 0. The monoisotopic (exact) mass is 317 g/mol. The highest BCUT2D eigenvalue weighted by Gasteiger charge is 2.71. The highest BCUT2D eigenvalue weighted by Crippen LogP contribution is 2.51. The van der Waals surface area contributed by atoms with Crippen LogP contribution in [0.4, 0.5) is 32.0 Å². The normalized spacial score (nSPS) is 13.4. The van der Waals surface area contributed by atoms with Gasteiger partial charge < -0.3 is 5.11 Å². The summed E-state index contributed by atoms with van der Waals surface area (Å²) in [6.07, 6.45) is -12.1. The number of benzene rings is 1. The predicted octanol–water partition coefficient (Wildman–Crippen LogP) is 3.52. The highest BCUT2D eigenvalue weighted by atomic mass is 19.4. The maximum atomic E-state index is 12.8. The molecule has 0 radical (unpaired) electrons. The van der Waals surface area contributed by atoms with Crippen LogP contribution in [0.15, 0.2) is 12.1 Å². The fourth-order valence-electron chi connectivity index (χ4n) is 1.85. The van der Waals surface area contributed by atoms with Crippen molar-refractivity contribution in [3.05, 3.63) is 38.9 Å². The van der Waals surface area contributed by atoms with E-state index in [0.29, 0.717) is 12.1 Å². The average molecular weight is 317 g/mol. The van der Waals surface area contributed by atoms with Gasteiger partial charge in [0.1, 0.15) is 0 Å². The van der Waals surface area contributed by atoms with Gasteiger partial charge in [0.25, 0.3) is 11.3 Å². The molecule has 0 aromatic heterocycles. The van der Waals surface area contributed by atoms with E-state index in [-0.39, 0.29) is 0 Å². The van der Waals surface area contributed by atoms with Gasteiger partial charge in [0.05, 0.1) is 4.92 Å². The van der Waals surface area contributed by atoms with E-state index in [1.54, 1.807) is 0 Å². The van der Waals surface area contributed by atoms with Crippen LogP contribution in [0, 0.1) is 24.0 Å². The summed E-state index contributed by atoms with van der Waals surface area (Å²) in [7, 11) is 0. The van der Waals surface area contributed by atoms with Crippen molar-refractivity contribution in [2.45, 2.75) is 31.8 Å². The van der Waals surface area contributed by atoms with Crippen LogP contribution in [-0.4, -0.2) is 22.4 Å². The topological polar surface area (TPSA) is 63.4 Å². The molecule has 0 aliphatic carbocycles. The van der Waals surface area contributed by atoms with Crippen LogP contribution in [0.1, 0.15) is 16.7 Å². The van der Waals surface area contributed by atoms with E-state index in [1.165, 1.54) is 0 Å². The lowest BCUT2D eigenvalue weighted by atomic mass is 9.87. The zero-order chi connectivity index (χ0) is 16.8. The Kier molecular flexibility index (Phi) is 3.99. The Morgan fingerprint density at radius 2 is 1.43 bits per heavy atom. The second-order valence-corrected chi connectivity index (χ2v) is 4.42. The Morgan fingerprint density at radius 1 is 1.00 bits per heavy atom. The van der Waals surface area contributed by atoms with Crippen LogP contribution in [0.2, 0.25) is 0 Å². The molecule has 118 valence electrons. The lowest BCUT2D eigenvalue weighted by Gasteiger charge is -2.33. The number of alkyl halides is 6. The van der Waals surface area contributed by atoms with Crippen molar-refractivity contribution in [1.29, 1.82) is 0 Å². The molecule has 1 N–H and O–H groups in total. The third-order valence-electron chi connectivity index (χ3n) is 2.95. The Bertz CT molecular complexity index is 565. The maximum absolute atomic E-state index is 12.8. The predicted molar refractivity (Wildman–Crippen MR) is 58.6 cm³/mol. The number of nitrogens with zero attached hydrogens (tertiary/aromatic N) is 1. The summed E-state index contributed by atoms with van der Waals surface area (Å²) in [6.45, 7) is 1.80. The number of nitro benzene ring substituents is 1. The van der Waals surface area contributed by atoms with Crippen molar-refractivity contribution in [3.8, 4) is 0 Å². The largest absolute Gasteiger partial charge is 0.430 e. The summed E-state index contributed by atoms with van der Waals surface area (Å²) in [4.78, 5) is 9.69. The summed E-state index contributed by atoms with van der Waals surface area (Å²) < 4.78 is 76.5. The van der Waals surface area contributed by atoms with Crippen molar-refractivity contribution in [1.82, 2.24) is 0 Å². The molecule has 0 amide bonds. The quantitative estimate of drug-likeness (QED) is 0.516. The Hall–Kier alpha value is -1.84. The second kappa shape index (κ2) is 4.86. The van der Waals surface area contributed by atoms with Gasteiger partial charge in [-0.25, -0.2) is 0 Å². The molecule has 0 bridgehead atoms. The smallest absolute Gasteiger partial charge is 0.369 e. The standard InChI is InChI=1S/C11H9F6NO3/c1-5-4-8(18(20)21)6(2)3-7(5)9(19,10(12,13)14)11(15,16)17/h3-4,19H,1-2H3. The molecule has 0 spiro atoms. The summed E-state index contributed by atoms with van der Waals surface area (Å²) in [5, 5.41) is 19.9. The molecule has 4 nitrogen and oxygen atoms in total. The van der Waals surface area contributed by atoms with Crippen molar-refractivity contribution in [2.75, 3.05) is 0 Å². The molecule has 1 rings (SSSR count). The lowest BCUT2D eigenvalue weighted by Crippen LogP contribution is -2.54. The first-order valence-electron chi connectivity index (χ1n) is 5.35. The zero-order valence-electron chi connectivity index (χ0n) is 10.6. The molecule has 21 heavy (non-hydrogen) atoms. The first-order chi connectivity index (χ1) is 9.23. The lowest BCUT2D eigenvalue weighted by molar-refractivity contribution is -0.386. The van der Waals surface area contributed by atoms with Gasteiger partial charge in [-0.3, -0.25) is 10.1 Å². The van der Waals surface area contributed by atoms with Gasteiger partial charge in [-0.15, -0.1) is 0 Å². The van der Waals surface area contributed by atoms with E-state index >= 15 is 0 Å². The summed E-state index contributed by atoms with van der Waals surface area (Å²) in [5.41, 5.74) is -8.32. The van der Waals surface area contributed by atoms with Crippen molar-refractivity contribution >= 4 is 5.69 Å². The van der Waals surface area contributed by atoms with E-state index < -0.39 is 45.3 Å². The number of hydrogen-bond acceptors (Lipinski definition) is 3. The fraction of sp³-hybridized carbons (Fsp3) is 0.455. The van der Waals surface area contributed by atoms with E-state index in [1.807, 2.05) is 0 Å². The first-order valence-corrected chi connectivity index (χ1v) is 5.35. The number of rotatable bonds is 2. The minimum absolute atomic E-state index is 0.328. The Balaban J connectivity index is 3.71. The molecule has 0 heterocycles. The van der Waals surface area contributed by atoms with Crippen molar-refractivity contribution in [2.24, 2.45) is 0 Å². The van der Waals surface area contributed by atoms with E-state index in [4.69, 9.17) is 0 Å². The van der Waals surface area contributed by atoms with Crippen molar-refractivity contribution in [3.63, 3.8) is 0 Å². The van der Waals surface area contributed by atoms with Gasteiger partial charge >= 0.3 is 12.4 Å². The molecule has 1 aromatic rings. The van der Waals surface area contributed by atoms with Crippen LogP contribution < -0.4 is 0 Å². The van der Waals surface area contributed by atoms with E-state index in [0.717, 1.165) is 13.8 Å². The highest BCUT2D eigenvalue weighted by molar-refractivity contribution is 5.49. The molecular formula is C11H9F6NO3. The minimum atomic E-state index is -6.03. The number of halogens is 6. The van der Waals surface area contributed by atoms with Gasteiger partial charge in [0, 0.05) is 17.2 Å². The van der Waals surface area contributed by atoms with Crippen LogP contribution in [-0.2, 0) is 5.60 Å².